The van der Waals surface area contributed by atoms with Crippen molar-refractivity contribution >= 4 is 5.91 Å². The summed E-state index contributed by atoms with van der Waals surface area (Å²) in [4.78, 5) is 13.8. The molecular formula is C12H21NO2. The van der Waals surface area contributed by atoms with Crippen molar-refractivity contribution in [3.8, 4) is 0 Å². The van der Waals surface area contributed by atoms with Gasteiger partial charge in [-0.25, -0.2) is 0 Å². The summed E-state index contributed by atoms with van der Waals surface area (Å²) in [6, 6.07) is 0.0184. The highest BCUT2D eigenvalue weighted by atomic mass is 16.3. The molecule has 0 radical (unpaired) electrons. The molecule has 1 fully saturated rings. The Kier molecular flexibility index (Phi) is 4.33. The van der Waals surface area contributed by atoms with E-state index in [-0.39, 0.29) is 24.5 Å². The summed E-state index contributed by atoms with van der Waals surface area (Å²) in [6.45, 7) is 8.66. The van der Waals surface area contributed by atoms with Crippen molar-refractivity contribution in [1.29, 1.82) is 0 Å². The van der Waals surface area contributed by atoms with Crippen LogP contribution in [0, 0.1) is 11.8 Å². The number of hydrogen-bond donors (Lipinski definition) is 1. The fraction of sp³-hybridized carbons (Fsp3) is 0.750. The van der Waals surface area contributed by atoms with E-state index >= 15 is 0 Å². The molecule has 1 saturated heterocycles. The van der Waals surface area contributed by atoms with Crippen molar-refractivity contribution < 1.29 is 9.90 Å². The molecule has 3 nitrogen and oxygen atoms in total. The molecule has 15 heavy (non-hydrogen) atoms. The maximum atomic E-state index is 12.0. The van der Waals surface area contributed by atoms with Gasteiger partial charge in [0.25, 0.3) is 0 Å². The van der Waals surface area contributed by atoms with Gasteiger partial charge in [-0.15, -0.1) is 6.58 Å². The number of carbonyl (C=O) groups is 1. The van der Waals surface area contributed by atoms with Crippen molar-refractivity contribution in [3.05, 3.63) is 12.7 Å². The van der Waals surface area contributed by atoms with E-state index in [0.29, 0.717) is 5.92 Å². The molecule has 86 valence electrons. The van der Waals surface area contributed by atoms with Crippen LogP contribution in [0.4, 0.5) is 0 Å². The lowest BCUT2D eigenvalue weighted by molar-refractivity contribution is -0.132. The van der Waals surface area contributed by atoms with Gasteiger partial charge in [-0.2, -0.15) is 0 Å². The maximum Gasteiger partial charge on any atom is 0.226 e. The Labute approximate surface area is 91.8 Å². The summed E-state index contributed by atoms with van der Waals surface area (Å²) >= 11 is 0. The van der Waals surface area contributed by atoms with Crippen molar-refractivity contribution in [1.82, 2.24) is 4.90 Å². The van der Waals surface area contributed by atoms with E-state index < -0.39 is 0 Å². The molecule has 1 aliphatic heterocycles. The largest absolute Gasteiger partial charge is 0.394 e. The number of hydrogen-bond acceptors (Lipinski definition) is 2. The fourth-order valence-electron chi connectivity index (χ4n) is 2.17. The van der Waals surface area contributed by atoms with Gasteiger partial charge in [0.1, 0.15) is 0 Å². The first kappa shape index (κ1) is 12.2. The minimum Gasteiger partial charge on any atom is -0.394 e. The zero-order valence-electron chi connectivity index (χ0n) is 9.65. The summed E-state index contributed by atoms with van der Waals surface area (Å²) in [5, 5.41) is 9.23. The number of allylic oxidation sites excluding steroid dienone is 1. The van der Waals surface area contributed by atoms with Crippen LogP contribution in [0.15, 0.2) is 12.7 Å². The van der Waals surface area contributed by atoms with E-state index in [2.05, 4.69) is 20.4 Å². The van der Waals surface area contributed by atoms with Crippen LogP contribution in [0.2, 0.25) is 0 Å². The Balaban J connectivity index is 2.67. The molecule has 0 saturated carbocycles. The lowest BCUT2D eigenvalue weighted by Gasteiger charge is -2.25. The maximum absolute atomic E-state index is 12.0. The number of rotatable bonds is 5. The predicted octanol–water partition coefficient (Wildman–Crippen LogP) is 1.43. The topological polar surface area (TPSA) is 40.5 Å². The van der Waals surface area contributed by atoms with Crippen LogP contribution in [0.1, 0.15) is 26.7 Å². The Morgan fingerprint density at radius 2 is 2.33 bits per heavy atom. The van der Waals surface area contributed by atoms with Gasteiger partial charge >= 0.3 is 0 Å². The zero-order valence-corrected chi connectivity index (χ0v) is 9.65. The highest BCUT2D eigenvalue weighted by molar-refractivity contribution is 5.81. The quantitative estimate of drug-likeness (QED) is 0.699. The molecule has 1 rings (SSSR count). The predicted molar refractivity (Wildman–Crippen MR) is 60.3 cm³/mol. The third-order valence-corrected chi connectivity index (χ3v) is 2.85. The second kappa shape index (κ2) is 5.31. The minimum atomic E-state index is 0.0184. The average molecular weight is 211 g/mol. The summed E-state index contributed by atoms with van der Waals surface area (Å²) in [7, 11) is 0. The molecule has 1 amide bonds. The molecule has 0 unspecified atom stereocenters. The zero-order chi connectivity index (χ0) is 11.4. The molecule has 2 atom stereocenters. The van der Waals surface area contributed by atoms with Gasteiger partial charge in [0.2, 0.25) is 5.91 Å². The monoisotopic (exact) mass is 211 g/mol. The number of likely N-dealkylation sites (tertiary alicyclic amines) is 1. The molecule has 0 aromatic carbocycles. The first-order valence-corrected chi connectivity index (χ1v) is 5.62. The first-order valence-electron chi connectivity index (χ1n) is 5.62. The number of aliphatic hydroxyl groups excluding tert-OH is 1. The van der Waals surface area contributed by atoms with Crippen LogP contribution < -0.4 is 0 Å². The van der Waals surface area contributed by atoms with Crippen molar-refractivity contribution in [2.75, 3.05) is 13.2 Å². The second-order valence-corrected chi connectivity index (χ2v) is 4.68. The smallest absolute Gasteiger partial charge is 0.226 e. The Morgan fingerprint density at radius 1 is 1.67 bits per heavy atom. The van der Waals surface area contributed by atoms with E-state index in [1.54, 1.807) is 6.08 Å². The van der Waals surface area contributed by atoms with Gasteiger partial charge in [-0.1, -0.05) is 19.9 Å². The molecule has 0 aromatic rings. The summed E-state index contributed by atoms with van der Waals surface area (Å²) in [6.07, 6.45) is 3.29. The fourth-order valence-corrected chi connectivity index (χ4v) is 2.17. The SMILES string of the molecule is C=CC[C@@H]1C[C@@H](CO)N(CC(C)C)C1=O. The minimum absolute atomic E-state index is 0.0184. The molecule has 0 spiro atoms. The van der Waals surface area contributed by atoms with E-state index in [1.165, 1.54) is 0 Å². The summed E-state index contributed by atoms with van der Waals surface area (Å²) < 4.78 is 0. The summed E-state index contributed by atoms with van der Waals surface area (Å²) in [5.74, 6) is 0.673. The van der Waals surface area contributed by atoms with Gasteiger partial charge in [-0.3, -0.25) is 4.79 Å². The molecule has 1 N–H and O–H groups in total. The summed E-state index contributed by atoms with van der Waals surface area (Å²) in [5.41, 5.74) is 0. The molecule has 0 aromatic heterocycles. The average Bonchev–Trinajstić information content (AvgIpc) is 2.46. The number of nitrogens with zero attached hydrogens (tertiary/aromatic N) is 1. The second-order valence-electron chi connectivity index (χ2n) is 4.68. The van der Waals surface area contributed by atoms with Gasteiger partial charge in [0.15, 0.2) is 0 Å². The number of amides is 1. The van der Waals surface area contributed by atoms with Gasteiger partial charge in [0.05, 0.1) is 12.6 Å². The number of aliphatic hydroxyl groups is 1. The van der Waals surface area contributed by atoms with Crippen LogP contribution in [0.25, 0.3) is 0 Å². The van der Waals surface area contributed by atoms with E-state index in [1.807, 2.05) is 4.90 Å². The van der Waals surface area contributed by atoms with Crippen LogP contribution in [-0.4, -0.2) is 35.1 Å². The molecule has 3 heteroatoms. The van der Waals surface area contributed by atoms with Crippen molar-refractivity contribution in [3.63, 3.8) is 0 Å². The normalized spacial score (nSPS) is 26.4. The van der Waals surface area contributed by atoms with Crippen LogP contribution in [0.3, 0.4) is 0 Å². The Bertz CT molecular complexity index is 238. The van der Waals surface area contributed by atoms with Crippen molar-refractivity contribution in [2.24, 2.45) is 11.8 Å². The van der Waals surface area contributed by atoms with Crippen LogP contribution >= 0.6 is 0 Å². The highest BCUT2D eigenvalue weighted by Crippen LogP contribution is 2.27. The lowest BCUT2D eigenvalue weighted by atomic mass is 10.0. The number of carbonyl (C=O) groups excluding carboxylic acids is 1. The van der Waals surface area contributed by atoms with E-state index in [4.69, 9.17) is 0 Å². The van der Waals surface area contributed by atoms with E-state index in [9.17, 15) is 9.90 Å². The third kappa shape index (κ3) is 2.81. The highest BCUT2D eigenvalue weighted by Gasteiger charge is 2.38. The van der Waals surface area contributed by atoms with Gasteiger partial charge < -0.3 is 10.0 Å². The standard InChI is InChI=1S/C12H21NO2/c1-4-5-10-6-11(8-14)13(12(10)15)7-9(2)3/h4,9-11,14H,1,5-8H2,2-3H3/t10-,11+/m1/s1. The van der Waals surface area contributed by atoms with Crippen molar-refractivity contribution in [2.45, 2.75) is 32.7 Å². The molecule has 1 aliphatic rings. The molecule has 0 aliphatic carbocycles. The van der Waals surface area contributed by atoms with Crippen LogP contribution in [-0.2, 0) is 4.79 Å². The Morgan fingerprint density at radius 3 is 2.80 bits per heavy atom. The van der Waals surface area contributed by atoms with Gasteiger partial charge in [-0.05, 0) is 18.8 Å². The third-order valence-electron chi connectivity index (χ3n) is 2.85. The lowest BCUT2D eigenvalue weighted by Crippen LogP contribution is -2.38. The molecule has 0 bridgehead atoms. The molecular weight excluding hydrogens is 190 g/mol. The van der Waals surface area contributed by atoms with E-state index in [0.717, 1.165) is 19.4 Å². The van der Waals surface area contributed by atoms with Gasteiger partial charge in [0, 0.05) is 12.5 Å². The Hall–Kier alpha value is -0.830. The molecule has 1 heterocycles. The first-order chi connectivity index (χ1) is 7.10. The van der Waals surface area contributed by atoms with Crippen LogP contribution in [0.5, 0.6) is 0 Å².